The van der Waals surface area contributed by atoms with Crippen LogP contribution in [0.25, 0.3) is 11.5 Å². The Morgan fingerprint density at radius 3 is 2.22 bits per heavy atom. The van der Waals surface area contributed by atoms with Crippen LogP contribution in [0.3, 0.4) is 0 Å². The van der Waals surface area contributed by atoms with Gasteiger partial charge in [0.1, 0.15) is 12.0 Å². The maximum atomic E-state index is 4.43. The lowest BCUT2D eigenvalue weighted by molar-refractivity contribution is 0.930. The van der Waals surface area contributed by atoms with Crippen LogP contribution in [0.15, 0.2) is 52.6 Å². The minimum atomic E-state index is 0.778. The molecule has 3 aromatic heterocycles. The van der Waals surface area contributed by atoms with Crippen LogP contribution in [0.1, 0.15) is 0 Å². The summed E-state index contributed by atoms with van der Waals surface area (Å²) in [6.45, 7) is 0. The predicted octanol–water partition coefficient (Wildman–Crippen LogP) is 2.98. The zero-order valence-electron chi connectivity index (χ0n) is 9.03. The van der Waals surface area contributed by atoms with Crippen LogP contribution in [-0.2, 0) is 0 Å². The molecule has 0 unspecified atom stereocenters. The Morgan fingerprint density at radius 1 is 0.944 bits per heavy atom. The van der Waals surface area contributed by atoms with Crippen molar-refractivity contribution in [2.75, 3.05) is 0 Å². The highest BCUT2D eigenvalue weighted by molar-refractivity contribution is 9.13. The third-order valence-electron chi connectivity index (χ3n) is 2.44. The second-order valence-corrected chi connectivity index (χ2v) is 5.18. The highest BCUT2D eigenvalue weighted by atomic mass is 79.9. The van der Waals surface area contributed by atoms with E-state index in [1.807, 2.05) is 21.5 Å². The van der Waals surface area contributed by atoms with Gasteiger partial charge in [-0.25, -0.2) is 15.0 Å². The average molecular weight is 369 g/mol. The molecule has 5 nitrogen and oxygen atoms in total. The number of rotatable bonds is 2. The number of nitrogens with zero attached hydrogens (tertiary/aromatic N) is 5. The Kier molecular flexibility index (Phi) is 3.00. The summed E-state index contributed by atoms with van der Waals surface area (Å²) in [6, 6.07) is 0. The standard InChI is InChI=1S/C11H7Br2N5/c12-8-5-16-11(18-4-2-15-7-18)10(9(8)13)17-3-1-14-6-17/h1-7H. The Balaban J connectivity index is 2.30. The first kappa shape index (κ1) is 11.6. The highest BCUT2D eigenvalue weighted by Crippen LogP contribution is 2.32. The normalized spacial score (nSPS) is 10.8. The summed E-state index contributed by atoms with van der Waals surface area (Å²) in [7, 11) is 0. The molecule has 0 N–H and O–H groups in total. The van der Waals surface area contributed by atoms with Crippen LogP contribution >= 0.6 is 31.9 Å². The number of hydrogen-bond donors (Lipinski definition) is 0. The summed E-state index contributed by atoms with van der Waals surface area (Å²) in [5.74, 6) is 0.778. The van der Waals surface area contributed by atoms with Gasteiger partial charge >= 0.3 is 0 Å². The molecule has 18 heavy (non-hydrogen) atoms. The Hall–Kier alpha value is -1.47. The molecular weight excluding hydrogens is 362 g/mol. The van der Waals surface area contributed by atoms with Crippen LogP contribution < -0.4 is 0 Å². The number of hydrogen-bond acceptors (Lipinski definition) is 3. The van der Waals surface area contributed by atoms with E-state index >= 15 is 0 Å². The van der Waals surface area contributed by atoms with Crippen molar-refractivity contribution in [3.63, 3.8) is 0 Å². The van der Waals surface area contributed by atoms with E-state index in [1.165, 1.54) is 0 Å². The fraction of sp³-hybridized carbons (Fsp3) is 0. The van der Waals surface area contributed by atoms with Gasteiger partial charge in [-0.15, -0.1) is 0 Å². The van der Waals surface area contributed by atoms with E-state index in [-0.39, 0.29) is 0 Å². The average Bonchev–Trinajstić information content (AvgIpc) is 3.03. The van der Waals surface area contributed by atoms with E-state index < -0.39 is 0 Å². The van der Waals surface area contributed by atoms with Crippen molar-refractivity contribution >= 4 is 31.9 Å². The van der Waals surface area contributed by atoms with Crippen LogP contribution in [0.4, 0.5) is 0 Å². The lowest BCUT2D eigenvalue weighted by Gasteiger charge is -2.12. The number of imidazole rings is 2. The van der Waals surface area contributed by atoms with Crippen molar-refractivity contribution in [3.05, 3.63) is 52.6 Å². The molecule has 0 aliphatic carbocycles. The maximum Gasteiger partial charge on any atom is 0.163 e. The Labute approximate surface area is 120 Å². The summed E-state index contributed by atoms with van der Waals surface area (Å²) < 4.78 is 5.55. The maximum absolute atomic E-state index is 4.43. The molecular formula is C11H7Br2N5. The summed E-state index contributed by atoms with van der Waals surface area (Å²) >= 11 is 7.03. The Morgan fingerprint density at radius 2 is 1.61 bits per heavy atom. The number of halogens is 2. The predicted molar refractivity (Wildman–Crippen MR) is 73.9 cm³/mol. The van der Waals surface area contributed by atoms with Crippen molar-refractivity contribution in [1.82, 2.24) is 24.1 Å². The molecule has 0 bridgehead atoms. The van der Waals surface area contributed by atoms with Gasteiger partial charge in [0.15, 0.2) is 5.82 Å². The molecule has 0 fully saturated rings. The third kappa shape index (κ3) is 1.89. The van der Waals surface area contributed by atoms with Gasteiger partial charge in [0.05, 0.1) is 15.3 Å². The number of aromatic nitrogens is 5. The molecule has 90 valence electrons. The first-order chi connectivity index (χ1) is 8.77. The van der Waals surface area contributed by atoms with E-state index in [2.05, 4.69) is 46.8 Å². The van der Waals surface area contributed by atoms with Crippen molar-refractivity contribution < 1.29 is 0 Å². The quantitative estimate of drug-likeness (QED) is 0.698. The van der Waals surface area contributed by atoms with Crippen molar-refractivity contribution in [3.8, 4) is 11.5 Å². The molecule has 0 aliphatic rings. The molecule has 0 saturated carbocycles. The molecule has 0 radical (unpaired) electrons. The summed E-state index contributed by atoms with van der Waals surface area (Å²) in [5, 5.41) is 0. The molecule has 3 heterocycles. The molecule has 0 saturated heterocycles. The zero-order valence-corrected chi connectivity index (χ0v) is 12.2. The highest BCUT2D eigenvalue weighted by Gasteiger charge is 2.14. The fourth-order valence-electron chi connectivity index (χ4n) is 1.64. The van der Waals surface area contributed by atoms with Crippen molar-refractivity contribution in [2.45, 2.75) is 0 Å². The van der Waals surface area contributed by atoms with Gasteiger partial charge in [0.2, 0.25) is 0 Å². The molecule has 7 heteroatoms. The first-order valence-electron chi connectivity index (χ1n) is 5.08. The SMILES string of the molecule is Brc1cnc(-n2ccnc2)c(-n2ccnc2)c1Br. The van der Waals surface area contributed by atoms with Crippen LogP contribution in [0, 0.1) is 0 Å². The largest absolute Gasteiger partial charge is 0.302 e. The molecule has 3 rings (SSSR count). The Bertz CT molecular complexity index is 661. The molecule has 0 amide bonds. The van der Waals surface area contributed by atoms with Gasteiger partial charge < -0.3 is 4.57 Å². The van der Waals surface area contributed by atoms with Gasteiger partial charge in [-0.1, -0.05) is 0 Å². The van der Waals surface area contributed by atoms with Crippen LogP contribution in [0.5, 0.6) is 0 Å². The van der Waals surface area contributed by atoms with E-state index in [9.17, 15) is 0 Å². The van der Waals surface area contributed by atoms with Crippen LogP contribution in [0.2, 0.25) is 0 Å². The molecule has 0 aromatic carbocycles. The third-order valence-corrected chi connectivity index (χ3v) is 4.38. The lowest BCUT2D eigenvalue weighted by Crippen LogP contribution is -2.04. The zero-order chi connectivity index (χ0) is 12.5. The monoisotopic (exact) mass is 367 g/mol. The molecule has 0 aliphatic heterocycles. The fourth-order valence-corrected chi connectivity index (χ4v) is 2.42. The van der Waals surface area contributed by atoms with Gasteiger partial charge in [0.25, 0.3) is 0 Å². The topological polar surface area (TPSA) is 48.5 Å². The summed E-state index contributed by atoms with van der Waals surface area (Å²) in [4.78, 5) is 12.5. The summed E-state index contributed by atoms with van der Waals surface area (Å²) in [6.07, 6.45) is 12.4. The van der Waals surface area contributed by atoms with Crippen molar-refractivity contribution in [1.29, 1.82) is 0 Å². The lowest BCUT2D eigenvalue weighted by atomic mass is 10.3. The van der Waals surface area contributed by atoms with Gasteiger partial charge in [-0.2, -0.15) is 0 Å². The summed E-state index contributed by atoms with van der Waals surface area (Å²) in [5.41, 5.74) is 0.903. The molecule has 0 atom stereocenters. The van der Waals surface area contributed by atoms with Gasteiger partial charge in [-0.3, -0.25) is 4.57 Å². The van der Waals surface area contributed by atoms with Crippen molar-refractivity contribution in [2.24, 2.45) is 0 Å². The second-order valence-electron chi connectivity index (χ2n) is 3.53. The van der Waals surface area contributed by atoms with E-state index in [1.54, 1.807) is 31.2 Å². The molecule has 0 spiro atoms. The second kappa shape index (κ2) is 4.66. The van der Waals surface area contributed by atoms with E-state index in [4.69, 9.17) is 0 Å². The smallest absolute Gasteiger partial charge is 0.163 e. The van der Waals surface area contributed by atoms with Crippen LogP contribution in [-0.4, -0.2) is 24.1 Å². The molecule has 3 aromatic rings. The minimum Gasteiger partial charge on any atom is -0.302 e. The van der Waals surface area contributed by atoms with E-state index in [0.29, 0.717) is 0 Å². The van der Waals surface area contributed by atoms with Gasteiger partial charge in [-0.05, 0) is 31.9 Å². The van der Waals surface area contributed by atoms with Gasteiger partial charge in [0, 0.05) is 31.0 Å². The van der Waals surface area contributed by atoms with E-state index in [0.717, 1.165) is 20.5 Å². The minimum absolute atomic E-state index is 0.778. The first-order valence-corrected chi connectivity index (χ1v) is 6.66. The number of pyridine rings is 1.